The number of hydrogen-bond acceptors (Lipinski definition) is 2. The Hall–Kier alpha value is -1.02. The van der Waals surface area contributed by atoms with Gasteiger partial charge in [0.1, 0.15) is 5.75 Å². The van der Waals surface area contributed by atoms with Gasteiger partial charge in [-0.3, -0.25) is 0 Å². The maximum absolute atomic E-state index is 5.53. The molecule has 1 heterocycles. The minimum absolute atomic E-state index is 0.442. The Kier molecular flexibility index (Phi) is 4.43. The third-order valence-electron chi connectivity index (χ3n) is 3.44. The van der Waals surface area contributed by atoms with Crippen LogP contribution in [0.5, 0.6) is 5.75 Å². The van der Waals surface area contributed by atoms with Gasteiger partial charge in [-0.05, 0) is 37.1 Å². The van der Waals surface area contributed by atoms with Gasteiger partial charge in [0.25, 0.3) is 0 Å². The second kappa shape index (κ2) is 6.06. The maximum atomic E-state index is 5.53. The van der Waals surface area contributed by atoms with Crippen molar-refractivity contribution in [3.8, 4) is 5.75 Å². The Balaban J connectivity index is 1.88. The van der Waals surface area contributed by atoms with Crippen LogP contribution in [0.15, 0.2) is 18.2 Å². The number of nitrogens with one attached hydrogen (secondary N) is 1. The van der Waals surface area contributed by atoms with Crippen molar-refractivity contribution in [1.82, 2.24) is 5.32 Å². The summed E-state index contributed by atoms with van der Waals surface area (Å²) >= 11 is 0. The molecule has 0 radical (unpaired) electrons. The fourth-order valence-electron chi connectivity index (χ4n) is 2.29. The van der Waals surface area contributed by atoms with E-state index >= 15 is 0 Å². The standard InChI is InChI=1S/C15H23NO/c1-3-4-5-9-16-12(2)13-6-7-15-14(11-13)8-10-17-15/h6-7,11-12,16H,3-5,8-10H2,1-2H3. The highest BCUT2D eigenvalue weighted by Gasteiger charge is 2.13. The van der Waals surface area contributed by atoms with Gasteiger partial charge in [-0.1, -0.05) is 31.9 Å². The molecule has 0 saturated carbocycles. The van der Waals surface area contributed by atoms with Gasteiger partial charge >= 0.3 is 0 Å². The van der Waals surface area contributed by atoms with E-state index in [0.717, 1.165) is 25.3 Å². The Morgan fingerprint density at radius 1 is 1.35 bits per heavy atom. The summed E-state index contributed by atoms with van der Waals surface area (Å²) in [6.45, 7) is 6.44. The molecule has 17 heavy (non-hydrogen) atoms. The van der Waals surface area contributed by atoms with Crippen molar-refractivity contribution < 1.29 is 4.74 Å². The van der Waals surface area contributed by atoms with Crippen LogP contribution in [-0.2, 0) is 6.42 Å². The second-order valence-electron chi connectivity index (χ2n) is 4.85. The minimum atomic E-state index is 0.442. The zero-order chi connectivity index (χ0) is 12.1. The Bertz CT molecular complexity index is 362. The molecule has 0 saturated heterocycles. The summed E-state index contributed by atoms with van der Waals surface area (Å²) in [7, 11) is 0. The van der Waals surface area contributed by atoms with Gasteiger partial charge in [0.05, 0.1) is 6.61 Å². The molecule has 0 spiro atoms. The molecule has 0 aromatic heterocycles. The molecule has 1 atom stereocenters. The topological polar surface area (TPSA) is 21.3 Å². The van der Waals surface area contributed by atoms with Crippen molar-refractivity contribution in [2.75, 3.05) is 13.2 Å². The number of rotatable bonds is 6. The van der Waals surface area contributed by atoms with E-state index in [4.69, 9.17) is 4.74 Å². The van der Waals surface area contributed by atoms with Gasteiger partial charge in [0.15, 0.2) is 0 Å². The first-order valence-electron chi connectivity index (χ1n) is 6.80. The van der Waals surface area contributed by atoms with Gasteiger partial charge in [-0.15, -0.1) is 0 Å². The van der Waals surface area contributed by atoms with E-state index in [-0.39, 0.29) is 0 Å². The molecule has 94 valence electrons. The Morgan fingerprint density at radius 2 is 2.24 bits per heavy atom. The number of fused-ring (bicyclic) bond motifs is 1. The number of hydrogen-bond donors (Lipinski definition) is 1. The Labute approximate surface area is 104 Å². The molecule has 2 nitrogen and oxygen atoms in total. The lowest BCUT2D eigenvalue weighted by molar-refractivity contribution is 0.356. The predicted molar refractivity (Wildman–Crippen MR) is 71.6 cm³/mol. The number of benzene rings is 1. The zero-order valence-corrected chi connectivity index (χ0v) is 11.0. The molecule has 1 aromatic carbocycles. The van der Waals surface area contributed by atoms with Gasteiger partial charge in [-0.25, -0.2) is 0 Å². The van der Waals surface area contributed by atoms with Crippen LogP contribution in [0, 0.1) is 0 Å². The Morgan fingerprint density at radius 3 is 3.06 bits per heavy atom. The van der Waals surface area contributed by atoms with E-state index in [2.05, 4.69) is 37.4 Å². The number of unbranched alkanes of at least 4 members (excludes halogenated alkanes) is 2. The molecule has 1 aromatic rings. The monoisotopic (exact) mass is 233 g/mol. The molecule has 2 heteroatoms. The first kappa shape index (κ1) is 12.4. The largest absolute Gasteiger partial charge is 0.493 e. The molecule has 1 N–H and O–H groups in total. The average molecular weight is 233 g/mol. The van der Waals surface area contributed by atoms with Gasteiger partial charge in [-0.2, -0.15) is 0 Å². The van der Waals surface area contributed by atoms with E-state index in [1.54, 1.807) is 0 Å². The lowest BCUT2D eigenvalue weighted by Crippen LogP contribution is -2.19. The van der Waals surface area contributed by atoms with Gasteiger partial charge < -0.3 is 10.1 Å². The first-order valence-corrected chi connectivity index (χ1v) is 6.80. The van der Waals surface area contributed by atoms with Crippen LogP contribution in [0.3, 0.4) is 0 Å². The molecule has 1 unspecified atom stereocenters. The SMILES string of the molecule is CCCCCNC(C)c1ccc2c(c1)CCO2. The summed E-state index contributed by atoms with van der Waals surface area (Å²) < 4.78 is 5.53. The third kappa shape index (κ3) is 3.22. The van der Waals surface area contributed by atoms with Crippen LogP contribution in [0.1, 0.15) is 50.3 Å². The minimum Gasteiger partial charge on any atom is -0.493 e. The summed E-state index contributed by atoms with van der Waals surface area (Å²) in [5, 5.41) is 3.58. The van der Waals surface area contributed by atoms with Crippen LogP contribution in [0.4, 0.5) is 0 Å². The zero-order valence-electron chi connectivity index (χ0n) is 11.0. The molecular formula is C15H23NO. The van der Waals surface area contributed by atoms with E-state index in [9.17, 15) is 0 Å². The average Bonchev–Trinajstić information content (AvgIpc) is 2.81. The molecule has 0 aliphatic carbocycles. The van der Waals surface area contributed by atoms with Crippen molar-refractivity contribution in [3.63, 3.8) is 0 Å². The smallest absolute Gasteiger partial charge is 0.122 e. The fourth-order valence-corrected chi connectivity index (χ4v) is 2.29. The molecular weight excluding hydrogens is 210 g/mol. The van der Waals surface area contributed by atoms with Crippen LogP contribution in [0.2, 0.25) is 0 Å². The third-order valence-corrected chi connectivity index (χ3v) is 3.44. The van der Waals surface area contributed by atoms with Crippen molar-refractivity contribution in [3.05, 3.63) is 29.3 Å². The van der Waals surface area contributed by atoms with E-state index in [1.165, 1.54) is 30.4 Å². The first-order chi connectivity index (χ1) is 8.31. The lowest BCUT2D eigenvalue weighted by Gasteiger charge is -2.15. The lowest BCUT2D eigenvalue weighted by atomic mass is 10.0. The summed E-state index contributed by atoms with van der Waals surface area (Å²) in [5.41, 5.74) is 2.75. The normalized spacial score (nSPS) is 15.4. The summed E-state index contributed by atoms with van der Waals surface area (Å²) in [4.78, 5) is 0. The summed E-state index contributed by atoms with van der Waals surface area (Å²) in [5.74, 6) is 1.08. The molecule has 0 amide bonds. The highest BCUT2D eigenvalue weighted by atomic mass is 16.5. The summed E-state index contributed by atoms with van der Waals surface area (Å²) in [6, 6.07) is 7.03. The molecule has 0 fully saturated rings. The second-order valence-corrected chi connectivity index (χ2v) is 4.85. The van der Waals surface area contributed by atoms with Gasteiger partial charge in [0, 0.05) is 12.5 Å². The highest BCUT2D eigenvalue weighted by Crippen LogP contribution is 2.27. The highest BCUT2D eigenvalue weighted by molar-refractivity contribution is 5.40. The van der Waals surface area contributed by atoms with Crippen LogP contribution in [0.25, 0.3) is 0 Å². The van der Waals surface area contributed by atoms with E-state index in [1.807, 2.05) is 0 Å². The van der Waals surface area contributed by atoms with Crippen molar-refractivity contribution in [2.45, 2.75) is 45.6 Å². The quantitative estimate of drug-likeness (QED) is 0.760. The van der Waals surface area contributed by atoms with E-state index < -0.39 is 0 Å². The van der Waals surface area contributed by atoms with Crippen molar-refractivity contribution in [1.29, 1.82) is 0 Å². The maximum Gasteiger partial charge on any atom is 0.122 e. The predicted octanol–water partition coefficient (Wildman–Crippen LogP) is 3.46. The fraction of sp³-hybridized carbons (Fsp3) is 0.600. The van der Waals surface area contributed by atoms with E-state index in [0.29, 0.717) is 6.04 Å². The molecule has 1 aliphatic heterocycles. The molecule has 2 rings (SSSR count). The van der Waals surface area contributed by atoms with Gasteiger partial charge in [0.2, 0.25) is 0 Å². The van der Waals surface area contributed by atoms with Crippen molar-refractivity contribution in [2.24, 2.45) is 0 Å². The van der Waals surface area contributed by atoms with Crippen LogP contribution < -0.4 is 10.1 Å². The van der Waals surface area contributed by atoms with Crippen LogP contribution >= 0.6 is 0 Å². The van der Waals surface area contributed by atoms with Crippen molar-refractivity contribution >= 4 is 0 Å². The molecule has 1 aliphatic rings. The molecule has 0 bridgehead atoms. The number of ether oxygens (including phenoxy) is 1. The van der Waals surface area contributed by atoms with Crippen LogP contribution in [-0.4, -0.2) is 13.2 Å². The summed E-state index contributed by atoms with van der Waals surface area (Å²) in [6.07, 6.45) is 4.94.